The van der Waals surface area contributed by atoms with Gasteiger partial charge in [-0.3, -0.25) is 0 Å². The van der Waals surface area contributed by atoms with Crippen molar-refractivity contribution < 1.29 is 14.3 Å². The highest BCUT2D eigenvalue weighted by molar-refractivity contribution is 9.10. The fourth-order valence-electron chi connectivity index (χ4n) is 1.60. The number of aliphatic carboxylic acids is 1. The Balaban J connectivity index is 2.10. The van der Waals surface area contributed by atoms with Gasteiger partial charge in [-0.15, -0.1) is 0 Å². The highest BCUT2D eigenvalue weighted by Crippen LogP contribution is 2.24. The largest absolute Gasteiger partial charge is 0.550 e. The van der Waals surface area contributed by atoms with E-state index in [0.29, 0.717) is 12.8 Å². The van der Waals surface area contributed by atoms with E-state index in [9.17, 15) is 9.90 Å². The minimum Gasteiger partial charge on any atom is -0.550 e. The monoisotopic (exact) mass is 281 g/mol. The van der Waals surface area contributed by atoms with Crippen molar-refractivity contribution in [3.05, 3.63) is 34.5 Å². The van der Waals surface area contributed by atoms with Gasteiger partial charge in [-0.1, -0.05) is 15.9 Å². The average Bonchev–Trinajstić information content (AvgIpc) is 2.58. The molecule has 0 aliphatic carbocycles. The molecule has 1 aromatic heterocycles. The number of carbonyl (C=O) groups is 1. The Morgan fingerprint density at radius 3 is 2.94 bits per heavy atom. The summed E-state index contributed by atoms with van der Waals surface area (Å²) in [5.74, 6) is -0.201. The van der Waals surface area contributed by atoms with Crippen LogP contribution in [0, 0.1) is 0 Å². The summed E-state index contributed by atoms with van der Waals surface area (Å²) >= 11 is 3.39. The van der Waals surface area contributed by atoms with E-state index in [1.807, 2.05) is 24.3 Å². The Bertz CT molecular complexity index is 516. The molecule has 2 aromatic rings. The number of carbonyl (C=O) groups excluding carboxylic acids is 1. The maximum absolute atomic E-state index is 10.3. The molecule has 0 atom stereocenters. The molecule has 0 amide bonds. The zero-order valence-electron chi connectivity index (χ0n) is 8.53. The van der Waals surface area contributed by atoms with E-state index in [1.165, 1.54) is 0 Å². The second kappa shape index (κ2) is 4.70. The van der Waals surface area contributed by atoms with Crippen molar-refractivity contribution in [1.29, 1.82) is 0 Å². The van der Waals surface area contributed by atoms with Crippen LogP contribution in [0.2, 0.25) is 0 Å². The number of halogens is 1. The Morgan fingerprint density at radius 2 is 2.19 bits per heavy atom. The quantitative estimate of drug-likeness (QED) is 0.864. The summed E-state index contributed by atoms with van der Waals surface area (Å²) in [7, 11) is 0. The molecule has 84 valence electrons. The molecule has 1 aromatic carbocycles. The van der Waals surface area contributed by atoms with Crippen LogP contribution >= 0.6 is 15.9 Å². The zero-order valence-corrected chi connectivity index (χ0v) is 10.1. The van der Waals surface area contributed by atoms with Gasteiger partial charge in [-0.25, -0.2) is 0 Å². The molecule has 0 unspecified atom stereocenters. The number of fused-ring (bicyclic) bond motifs is 1. The van der Waals surface area contributed by atoms with Gasteiger partial charge in [0.15, 0.2) is 0 Å². The first-order valence-corrected chi connectivity index (χ1v) is 5.82. The van der Waals surface area contributed by atoms with E-state index >= 15 is 0 Å². The van der Waals surface area contributed by atoms with Crippen LogP contribution in [0.25, 0.3) is 11.0 Å². The van der Waals surface area contributed by atoms with Crippen molar-refractivity contribution in [3.8, 4) is 0 Å². The molecule has 0 fully saturated rings. The predicted octanol–water partition coefficient (Wildman–Crippen LogP) is 2.27. The summed E-state index contributed by atoms with van der Waals surface area (Å²) in [6.07, 6.45) is 1.24. The molecule has 0 aliphatic rings. The molecule has 0 N–H and O–H groups in total. The number of rotatable bonds is 4. The summed E-state index contributed by atoms with van der Waals surface area (Å²) in [6, 6.07) is 7.72. The zero-order chi connectivity index (χ0) is 11.5. The number of aryl methyl sites for hydroxylation is 1. The third-order valence-corrected chi connectivity index (χ3v) is 2.83. The third kappa shape index (κ3) is 2.64. The smallest absolute Gasteiger partial charge is 0.134 e. The van der Waals surface area contributed by atoms with Crippen LogP contribution in [0.4, 0.5) is 0 Å². The molecule has 0 saturated heterocycles. The average molecular weight is 282 g/mol. The van der Waals surface area contributed by atoms with E-state index in [4.69, 9.17) is 4.42 Å². The SMILES string of the molecule is O=C([O-])CCCc1cc2cc(Br)ccc2o1. The van der Waals surface area contributed by atoms with Crippen molar-refractivity contribution in [3.63, 3.8) is 0 Å². The Kier molecular flexibility index (Phi) is 3.29. The number of carboxylic acid groups (broad SMARTS) is 1. The maximum atomic E-state index is 10.3. The van der Waals surface area contributed by atoms with Crippen LogP contribution in [0.1, 0.15) is 18.6 Å². The molecule has 2 rings (SSSR count). The molecule has 4 heteroatoms. The third-order valence-electron chi connectivity index (χ3n) is 2.33. The molecule has 0 saturated carbocycles. The Morgan fingerprint density at radius 1 is 1.38 bits per heavy atom. The molecule has 0 aliphatic heterocycles. The first kappa shape index (κ1) is 11.2. The van der Waals surface area contributed by atoms with Crippen LogP contribution in [0.3, 0.4) is 0 Å². The van der Waals surface area contributed by atoms with Crippen LogP contribution in [0.5, 0.6) is 0 Å². The van der Waals surface area contributed by atoms with Gasteiger partial charge in [0.1, 0.15) is 11.3 Å². The molecule has 3 nitrogen and oxygen atoms in total. The summed E-state index contributed by atoms with van der Waals surface area (Å²) in [6.45, 7) is 0. The van der Waals surface area contributed by atoms with Crippen molar-refractivity contribution in [2.24, 2.45) is 0 Å². The summed E-state index contributed by atoms with van der Waals surface area (Å²) in [5.41, 5.74) is 0.826. The second-order valence-electron chi connectivity index (χ2n) is 3.62. The van der Waals surface area contributed by atoms with Crippen LogP contribution in [-0.4, -0.2) is 5.97 Å². The summed E-state index contributed by atoms with van der Waals surface area (Å²) in [5, 5.41) is 11.3. The molecule has 16 heavy (non-hydrogen) atoms. The van der Waals surface area contributed by atoms with Gasteiger partial charge in [-0.2, -0.15) is 0 Å². The number of carboxylic acids is 1. The molecular formula is C12H10BrO3-. The number of hydrogen-bond acceptors (Lipinski definition) is 3. The van der Waals surface area contributed by atoms with E-state index in [2.05, 4.69) is 15.9 Å². The van der Waals surface area contributed by atoms with E-state index < -0.39 is 5.97 Å². The first-order valence-electron chi connectivity index (χ1n) is 5.03. The number of furan rings is 1. The molecular weight excluding hydrogens is 272 g/mol. The lowest BCUT2D eigenvalue weighted by atomic mass is 10.2. The van der Waals surface area contributed by atoms with Gasteiger partial charge in [0.25, 0.3) is 0 Å². The standard InChI is InChI=1S/C12H11BrO3/c13-9-4-5-11-8(6-9)7-10(16-11)2-1-3-12(14)15/h4-7H,1-3H2,(H,14,15)/p-1. The van der Waals surface area contributed by atoms with Crippen LogP contribution in [-0.2, 0) is 11.2 Å². The van der Waals surface area contributed by atoms with Gasteiger partial charge in [-0.05, 0) is 37.1 Å². The molecule has 1 heterocycles. The lowest BCUT2D eigenvalue weighted by molar-refractivity contribution is -0.305. The van der Waals surface area contributed by atoms with E-state index in [0.717, 1.165) is 21.2 Å². The van der Waals surface area contributed by atoms with Crippen LogP contribution in [0.15, 0.2) is 33.2 Å². The topological polar surface area (TPSA) is 53.3 Å². The predicted molar refractivity (Wildman–Crippen MR) is 61.9 cm³/mol. The fraction of sp³-hybridized carbons (Fsp3) is 0.250. The number of benzene rings is 1. The van der Waals surface area contributed by atoms with Gasteiger partial charge in [0, 0.05) is 22.2 Å². The van der Waals surface area contributed by atoms with Crippen molar-refractivity contribution >= 4 is 32.9 Å². The van der Waals surface area contributed by atoms with Crippen LogP contribution < -0.4 is 5.11 Å². The molecule has 0 bridgehead atoms. The van der Waals surface area contributed by atoms with Gasteiger partial charge < -0.3 is 14.3 Å². The molecule has 0 spiro atoms. The lowest BCUT2D eigenvalue weighted by Crippen LogP contribution is -2.21. The Hall–Kier alpha value is -1.29. The second-order valence-corrected chi connectivity index (χ2v) is 4.54. The fourth-order valence-corrected chi connectivity index (χ4v) is 1.98. The molecule has 0 radical (unpaired) electrons. The van der Waals surface area contributed by atoms with Gasteiger partial charge in [0.2, 0.25) is 0 Å². The lowest BCUT2D eigenvalue weighted by Gasteiger charge is -1.98. The van der Waals surface area contributed by atoms with Crippen molar-refractivity contribution in [1.82, 2.24) is 0 Å². The minimum atomic E-state index is -1.01. The first-order chi connectivity index (χ1) is 7.65. The van der Waals surface area contributed by atoms with Gasteiger partial charge in [0.05, 0.1) is 0 Å². The van der Waals surface area contributed by atoms with E-state index in [-0.39, 0.29) is 6.42 Å². The summed E-state index contributed by atoms with van der Waals surface area (Å²) < 4.78 is 6.57. The highest BCUT2D eigenvalue weighted by Gasteiger charge is 2.03. The van der Waals surface area contributed by atoms with Crippen molar-refractivity contribution in [2.75, 3.05) is 0 Å². The van der Waals surface area contributed by atoms with E-state index in [1.54, 1.807) is 0 Å². The minimum absolute atomic E-state index is 0.0702. The highest BCUT2D eigenvalue weighted by atomic mass is 79.9. The normalized spacial score (nSPS) is 10.8. The maximum Gasteiger partial charge on any atom is 0.134 e. The van der Waals surface area contributed by atoms with Crippen molar-refractivity contribution in [2.45, 2.75) is 19.3 Å². The Labute approximate surface area is 101 Å². The summed E-state index contributed by atoms with van der Waals surface area (Å²) in [4.78, 5) is 10.3. The number of hydrogen-bond donors (Lipinski definition) is 0. The van der Waals surface area contributed by atoms with Gasteiger partial charge >= 0.3 is 0 Å².